The summed E-state index contributed by atoms with van der Waals surface area (Å²) in [6, 6.07) is 2.91. The Morgan fingerprint density at radius 2 is 1.90 bits per heavy atom. The molecular weight excluding hydrogens is 300 g/mol. The van der Waals surface area contributed by atoms with Crippen LogP contribution in [0, 0.1) is 5.82 Å². The molecule has 0 aliphatic carbocycles. The quantitative estimate of drug-likeness (QED) is 0.797. The van der Waals surface area contributed by atoms with Gasteiger partial charge >= 0.3 is 0 Å². The molecule has 1 unspecified atom stereocenters. The number of hydrogen-bond acceptors (Lipinski definition) is 2. The van der Waals surface area contributed by atoms with Crippen LogP contribution in [0.5, 0.6) is 0 Å². The first kappa shape index (κ1) is 15.1. The molecule has 6 heteroatoms. The van der Waals surface area contributed by atoms with E-state index in [9.17, 15) is 4.39 Å². The fourth-order valence-electron chi connectivity index (χ4n) is 1.89. The van der Waals surface area contributed by atoms with E-state index in [1.165, 1.54) is 12.1 Å². The Hall–Kier alpha value is -1.26. The zero-order valence-corrected chi connectivity index (χ0v) is 13.0. The Labute approximate surface area is 127 Å². The third-order valence-electron chi connectivity index (χ3n) is 3.02. The summed E-state index contributed by atoms with van der Waals surface area (Å²) in [5, 5.41) is 7.95. The molecule has 0 saturated carbocycles. The van der Waals surface area contributed by atoms with Gasteiger partial charge in [-0.05, 0) is 38.5 Å². The number of rotatable bonds is 4. The van der Waals surface area contributed by atoms with Crippen LogP contribution in [0.2, 0.25) is 10.0 Å². The zero-order chi connectivity index (χ0) is 14.9. The molecule has 1 atom stereocenters. The highest BCUT2D eigenvalue weighted by molar-refractivity contribution is 6.35. The number of aromatic nitrogens is 2. The standard InChI is InChI=1S/C14H16Cl2FN3/c1-8(2)20-7-10(6-18-20)19-9(3)11-4-14(17)13(16)5-12(11)15/h4-9,19H,1-3H3. The van der Waals surface area contributed by atoms with E-state index in [1.54, 1.807) is 6.20 Å². The van der Waals surface area contributed by atoms with Crippen molar-refractivity contribution in [2.75, 3.05) is 5.32 Å². The minimum Gasteiger partial charge on any atom is -0.376 e. The fraction of sp³-hybridized carbons (Fsp3) is 0.357. The van der Waals surface area contributed by atoms with Crippen LogP contribution in [-0.4, -0.2) is 9.78 Å². The van der Waals surface area contributed by atoms with E-state index < -0.39 is 5.82 Å². The Morgan fingerprint density at radius 3 is 2.50 bits per heavy atom. The van der Waals surface area contributed by atoms with Crippen LogP contribution >= 0.6 is 23.2 Å². The van der Waals surface area contributed by atoms with Gasteiger partial charge in [-0.25, -0.2) is 4.39 Å². The molecule has 0 aliphatic heterocycles. The molecule has 0 saturated heterocycles. The summed E-state index contributed by atoms with van der Waals surface area (Å²) in [5.74, 6) is -0.474. The molecule has 108 valence electrons. The molecule has 1 heterocycles. The number of nitrogens with one attached hydrogen (secondary N) is 1. The SMILES string of the molecule is CC(Nc1cnn(C(C)C)c1)c1cc(F)c(Cl)cc1Cl. The summed E-state index contributed by atoms with van der Waals surface area (Å²) in [4.78, 5) is 0. The zero-order valence-electron chi connectivity index (χ0n) is 11.5. The lowest BCUT2D eigenvalue weighted by atomic mass is 10.1. The van der Waals surface area contributed by atoms with Gasteiger partial charge in [0.1, 0.15) is 5.82 Å². The minimum absolute atomic E-state index is 0.0265. The Balaban J connectivity index is 2.19. The number of halogens is 3. The Kier molecular flexibility index (Phi) is 4.55. The molecule has 3 nitrogen and oxygen atoms in total. The van der Waals surface area contributed by atoms with Gasteiger partial charge < -0.3 is 5.32 Å². The van der Waals surface area contributed by atoms with Gasteiger partial charge in [0.25, 0.3) is 0 Å². The van der Waals surface area contributed by atoms with Crippen molar-refractivity contribution in [1.82, 2.24) is 9.78 Å². The molecule has 1 aromatic heterocycles. The van der Waals surface area contributed by atoms with E-state index in [4.69, 9.17) is 23.2 Å². The highest BCUT2D eigenvalue weighted by Crippen LogP contribution is 2.30. The Morgan fingerprint density at radius 1 is 1.20 bits per heavy atom. The van der Waals surface area contributed by atoms with Crippen molar-refractivity contribution in [2.45, 2.75) is 32.9 Å². The molecule has 0 amide bonds. The summed E-state index contributed by atoms with van der Waals surface area (Å²) < 4.78 is 15.4. The van der Waals surface area contributed by atoms with Crippen LogP contribution in [0.15, 0.2) is 24.5 Å². The highest BCUT2D eigenvalue weighted by atomic mass is 35.5. The number of nitrogens with zero attached hydrogens (tertiary/aromatic N) is 2. The van der Waals surface area contributed by atoms with Gasteiger partial charge in [0.05, 0.1) is 22.9 Å². The highest BCUT2D eigenvalue weighted by Gasteiger charge is 2.14. The van der Waals surface area contributed by atoms with Crippen molar-refractivity contribution in [3.8, 4) is 0 Å². The molecule has 1 aromatic carbocycles. The topological polar surface area (TPSA) is 29.9 Å². The van der Waals surface area contributed by atoms with Gasteiger partial charge in [-0.3, -0.25) is 4.68 Å². The predicted octanol–water partition coefficient (Wildman–Crippen LogP) is 5.08. The van der Waals surface area contributed by atoms with Crippen molar-refractivity contribution in [3.05, 3.63) is 46.0 Å². The first-order valence-electron chi connectivity index (χ1n) is 6.33. The molecule has 1 N–H and O–H groups in total. The molecular formula is C14H16Cl2FN3. The van der Waals surface area contributed by atoms with E-state index in [0.29, 0.717) is 10.6 Å². The maximum atomic E-state index is 13.5. The molecule has 0 fully saturated rings. The van der Waals surface area contributed by atoms with Crippen LogP contribution in [0.4, 0.5) is 10.1 Å². The molecule has 0 radical (unpaired) electrons. The monoisotopic (exact) mass is 315 g/mol. The van der Waals surface area contributed by atoms with Crippen molar-refractivity contribution in [1.29, 1.82) is 0 Å². The van der Waals surface area contributed by atoms with Gasteiger partial charge in [-0.2, -0.15) is 5.10 Å². The molecule has 20 heavy (non-hydrogen) atoms. The second-order valence-electron chi connectivity index (χ2n) is 4.96. The van der Waals surface area contributed by atoms with E-state index in [1.807, 2.05) is 31.6 Å². The maximum absolute atomic E-state index is 13.5. The van der Waals surface area contributed by atoms with E-state index >= 15 is 0 Å². The first-order valence-corrected chi connectivity index (χ1v) is 7.09. The van der Waals surface area contributed by atoms with Crippen molar-refractivity contribution in [2.24, 2.45) is 0 Å². The molecule has 2 rings (SSSR count). The van der Waals surface area contributed by atoms with E-state index in [-0.39, 0.29) is 17.1 Å². The van der Waals surface area contributed by atoms with Crippen LogP contribution < -0.4 is 5.32 Å². The molecule has 2 aromatic rings. The van der Waals surface area contributed by atoms with Gasteiger partial charge in [0, 0.05) is 17.3 Å². The van der Waals surface area contributed by atoms with Gasteiger partial charge in [0.15, 0.2) is 0 Å². The molecule has 0 aliphatic rings. The lowest BCUT2D eigenvalue weighted by Gasteiger charge is -2.16. The average molecular weight is 316 g/mol. The van der Waals surface area contributed by atoms with Crippen molar-refractivity contribution in [3.63, 3.8) is 0 Å². The normalized spacial score (nSPS) is 12.8. The van der Waals surface area contributed by atoms with Crippen molar-refractivity contribution < 1.29 is 4.39 Å². The second kappa shape index (κ2) is 6.02. The summed E-state index contributed by atoms with van der Waals surface area (Å²) in [7, 11) is 0. The maximum Gasteiger partial charge on any atom is 0.142 e. The third kappa shape index (κ3) is 3.25. The summed E-state index contributed by atoms with van der Waals surface area (Å²) >= 11 is 11.8. The number of anilines is 1. The van der Waals surface area contributed by atoms with Gasteiger partial charge in [-0.1, -0.05) is 23.2 Å². The molecule has 0 bridgehead atoms. The summed E-state index contributed by atoms with van der Waals surface area (Å²) in [5.41, 5.74) is 1.52. The first-order chi connectivity index (χ1) is 9.38. The van der Waals surface area contributed by atoms with Crippen LogP contribution in [0.25, 0.3) is 0 Å². The lowest BCUT2D eigenvalue weighted by Crippen LogP contribution is -2.07. The van der Waals surface area contributed by atoms with Crippen LogP contribution in [0.3, 0.4) is 0 Å². The average Bonchev–Trinajstić information content (AvgIpc) is 2.82. The number of hydrogen-bond donors (Lipinski definition) is 1. The van der Waals surface area contributed by atoms with E-state index in [0.717, 1.165) is 5.69 Å². The van der Waals surface area contributed by atoms with Gasteiger partial charge in [0.2, 0.25) is 0 Å². The van der Waals surface area contributed by atoms with Crippen molar-refractivity contribution >= 4 is 28.9 Å². The molecule has 0 spiro atoms. The Bertz CT molecular complexity index is 610. The van der Waals surface area contributed by atoms with Gasteiger partial charge in [-0.15, -0.1) is 0 Å². The van der Waals surface area contributed by atoms with Crippen LogP contribution in [-0.2, 0) is 0 Å². The predicted molar refractivity (Wildman–Crippen MR) is 81.1 cm³/mol. The largest absolute Gasteiger partial charge is 0.376 e. The van der Waals surface area contributed by atoms with Crippen LogP contribution in [0.1, 0.15) is 38.4 Å². The minimum atomic E-state index is -0.474. The fourth-order valence-corrected chi connectivity index (χ4v) is 2.44. The second-order valence-corrected chi connectivity index (χ2v) is 5.77. The third-order valence-corrected chi connectivity index (χ3v) is 3.64. The summed E-state index contributed by atoms with van der Waals surface area (Å²) in [6.45, 7) is 6.00. The smallest absolute Gasteiger partial charge is 0.142 e. The number of benzene rings is 1. The lowest BCUT2D eigenvalue weighted by molar-refractivity contribution is 0.532. The van der Waals surface area contributed by atoms with E-state index in [2.05, 4.69) is 10.4 Å². The summed E-state index contributed by atoms with van der Waals surface area (Å²) in [6.07, 6.45) is 3.64.